The number of halogens is 1. The summed E-state index contributed by atoms with van der Waals surface area (Å²) in [5, 5.41) is 0.476. The van der Waals surface area contributed by atoms with Crippen LogP contribution in [0.25, 0.3) is 0 Å². The second-order valence-corrected chi connectivity index (χ2v) is 13.8. The normalized spacial score (nSPS) is 36.8. The Morgan fingerprint density at radius 3 is 2.57 bits per heavy atom. The zero-order valence-corrected chi connectivity index (χ0v) is 24.3. The highest BCUT2D eigenvalue weighted by molar-refractivity contribution is 6.33. The lowest BCUT2D eigenvalue weighted by atomic mass is 9.47. The number of carbonyl (C=O) groups is 1. The smallest absolute Gasteiger partial charge is 0.339 e. The van der Waals surface area contributed by atoms with E-state index in [2.05, 4.69) is 26.8 Å². The third-order valence-corrected chi connectivity index (χ3v) is 11.9. The fourth-order valence-corrected chi connectivity index (χ4v) is 9.54. The number of esters is 1. The number of allylic oxidation sites excluding steroid dienone is 1. The van der Waals surface area contributed by atoms with E-state index in [9.17, 15) is 4.79 Å². The molecule has 0 unspecified atom stereocenters. The molecule has 1 aromatic rings. The van der Waals surface area contributed by atoms with Crippen molar-refractivity contribution < 1.29 is 9.53 Å². The first-order valence-electron chi connectivity index (χ1n) is 15.5. The third kappa shape index (κ3) is 5.30. The van der Waals surface area contributed by atoms with E-state index in [0.717, 1.165) is 42.9 Å². The lowest BCUT2D eigenvalue weighted by molar-refractivity contribution is -0.0536. The molecule has 0 aromatic heterocycles. The molecule has 0 radical (unpaired) electrons. The quantitative estimate of drug-likeness (QED) is 0.182. The number of hydrogen-bond donors (Lipinski definition) is 0. The van der Waals surface area contributed by atoms with Gasteiger partial charge in [-0.1, -0.05) is 94.7 Å². The van der Waals surface area contributed by atoms with Crippen LogP contribution in [0.4, 0.5) is 0 Å². The Morgan fingerprint density at radius 2 is 1.76 bits per heavy atom. The average molecular weight is 525 g/mol. The van der Waals surface area contributed by atoms with Crippen LogP contribution in [0.2, 0.25) is 5.02 Å². The van der Waals surface area contributed by atoms with Gasteiger partial charge < -0.3 is 4.74 Å². The van der Waals surface area contributed by atoms with Crippen molar-refractivity contribution in [3.05, 3.63) is 46.5 Å². The van der Waals surface area contributed by atoms with Gasteiger partial charge in [0.05, 0.1) is 10.6 Å². The number of carbonyl (C=O) groups excluding carboxylic acids is 1. The molecule has 3 heteroatoms. The van der Waals surface area contributed by atoms with Gasteiger partial charge in [0, 0.05) is 6.42 Å². The van der Waals surface area contributed by atoms with Crippen molar-refractivity contribution in [1.29, 1.82) is 0 Å². The summed E-state index contributed by atoms with van der Waals surface area (Å²) in [4.78, 5) is 12.8. The fraction of sp³-hybridized carbons (Fsp3) is 0.735. The number of ether oxygens (including phenoxy) is 1. The topological polar surface area (TPSA) is 26.3 Å². The molecule has 5 rings (SSSR count). The maximum atomic E-state index is 12.8. The van der Waals surface area contributed by atoms with E-state index in [4.69, 9.17) is 16.3 Å². The van der Waals surface area contributed by atoms with E-state index in [1.165, 1.54) is 77.0 Å². The van der Waals surface area contributed by atoms with E-state index in [1.807, 2.05) is 12.1 Å². The van der Waals surface area contributed by atoms with Crippen LogP contribution in [-0.4, -0.2) is 12.1 Å². The highest BCUT2D eigenvalue weighted by Gasteiger charge is 2.58. The highest BCUT2D eigenvalue weighted by atomic mass is 35.5. The van der Waals surface area contributed by atoms with Gasteiger partial charge in [-0.25, -0.2) is 4.79 Å². The Labute approximate surface area is 231 Å². The summed E-state index contributed by atoms with van der Waals surface area (Å²) in [5.74, 6) is 3.23. The summed E-state index contributed by atoms with van der Waals surface area (Å²) in [6.45, 7) is 7.53. The molecule has 0 N–H and O–H groups in total. The standard InChI is InChI=1S/C34H49ClO2/c1-4-5-6-7-8-9-12-24-16-18-29-27-17-15-25-23-26(37-32(36)28-13-10-11-14-31(28)35)19-21-34(25,3)30(27)20-22-33(24,29)2/h10-11,13-15,24,26-27,29-30H,4-9,12,16-23H2,1-3H3/t24-,26+,27+,29-,30-,33-,34+/m1/s1. The van der Waals surface area contributed by atoms with Crippen LogP contribution in [-0.2, 0) is 4.74 Å². The van der Waals surface area contributed by atoms with Gasteiger partial charge in [-0.2, -0.15) is 0 Å². The van der Waals surface area contributed by atoms with Crippen LogP contribution in [0.5, 0.6) is 0 Å². The number of fused-ring (bicyclic) bond motifs is 5. The number of rotatable bonds is 9. The maximum Gasteiger partial charge on any atom is 0.339 e. The molecule has 3 saturated carbocycles. The number of hydrogen-bond acceptors (Lipinski definition) is 2. The summed E-state index contributed by atoms with van der Waals surface area (Å²) in [5.41, 5.74) is 2.91. The van der Waals surface area contributed by atoms with E-state index < -0.39 is 0 Å². The molecule has 0 saturated heterocycles. The molecule has 204 valence electrons. The summed E-state index contributed by atoms with van der Waals surface area (Å²) >= 11 is 6.25. The zero-order valence-electron chi connectivity index (χ0n) is 23.6. The van der Waals surface area contributed by atoms with Gasteiger partial charge in [0.2, 0.25) is 0 Å². The summed E-state index contributed by atoms with van der Waals surface area (Å²) in [6, 6.07) is 7.23. The van der Waals surface area contributed by atoms with E-state index in [-0.39, 0.29) is 17.5 Å². The first kappa shape index (κ1) is 27.3. The van der Waals surface area contributed by atoms with Crippen LogP contribution in [0, 0.1) is 34.5 Å². The van der Waals surface area contributed by atoms with Crippen LogP contribution in [0.1, 0.15) is 127 Å². The Kier molecular flexibility index (Phi) is 8.45. The van der Waals surface area contributed by atoms with Crippen LogP contribution >= 0.6 is 11.6 Å². The molecule has 0 heterocycles. The minimum absolute atomic E-state index is 0.0262. The summed E-state index contributed by atoms with van der Waals surface area (Å²) in [6.07, 6.45) is 22.5. The number of benzene rings is 1. The Hall–Kier alpha value is -1.28. The maximum absolute atomic E-state index is 12.8. The van der Waals surface area contributed by atoms with Crippen LogP contribution in [0.15, 0.2) is 35.9 Å². The molecule has 3 fully saturated rings. The Bertz CT molecular complexity index is 984. The van der Waals surface area contributed by atoms with Gasteiger partial charge in [-0.15, -0.1) is 0 Å². The molecular formula is C34H49ClO2. The lowest BCUT2D eigenvalue weighted by Crippen LogP contribution is -2.50. The average Bonchev–Trinajstić information content (AvgIpc) is 3.22. The molecule has 4 aliphatic carbocycles. The lowest BCUT2D eigenvalue weighted by Gasteiger charge is -2.58. The predicted molar refractivity (Wildman–Crippen MR) is 154 cm³/mol. The van der Waals surface area contributed by atoms with Gasteiger partial charge in [-0.3, -0.25) is 0 Å². The molecule has 7 atom stereocenters. The summed E-state index contributed by atoms with van der Waals surface area (Å²) < 4.78 is 5.99. The molecule has 2 nitrogen and oxygen atoms in total. The molecule has 1 aromatic carbocycles. The molecular weight excluding hydrogens is 476 g/mol. The minimum Gasteiger partial charge on any atom is -0.458 e. The van der Waals surface area contributed by atoms with Crippen molar-refractivity contribution >= 4 is 17.6 Å². The van der Waals surface area contributed by atoms with E-state index in [1.54, 1.807) is 17.7 Å². The number of unbranched alkanes of at least 4 members (excludes halogenated alkanes) is 5. The van der Waals surface area contributed by atoms with Gasteiger partial charge in [0.15, 0.2) is 0 Å². The van der Waals surface area contributed by atoms with Gasteiger partial charge in [0.1, 0.15) is 6.10 Å². The van der Waals surface area contributed by atoms with Gasteiger partial charge in [0.25, 0.3) is 0 Å². The Balaban J connectivity index is 1.21. The fourth-order valence-electron chi connectivity index (χ4n) is 9.32. The molecule has 37 heavy (non-hydrogen) atoms. The zero-order chi connectivity index (χ0) is 26.0. The van der Waals surface area contributed by atoms with Gasteiger partial charge >= 0.3 is 5.97 Å². The highest BCUT2D eigenvalue weighted by Crippen LogP contribution is 2.66. The monoisotopic (exact) mass is 524 g/mol. The first-order chi connectivity index (χ1) is 17.9. The molecule has 0 bridgehead atoms. The largest absolute Gasteiger partial charge is 0.458 e. The molecule has 0 aliphatic heterocycles. The van der Waals surface area contributed by atoms with Crippen molar-refractivity contribution in [3.8, 4) is 0 Å². The third-order valence-electron chi connectivity index (χ3n) is 11.5. The molecule has 0 spiro atoms. The van der Waals surface area contributed by atoms with E-state index >= 15 is 0 Å². The molecule has 4 aliphatic rings. The molecule has 0 amide bonds. The van der Waals surface area contributed by atoms with Crippen molar-refractivity contribution in [1.82, 2.24) is 0 Å². The van der Waals surface area contributed by atoms with Crippen molar-refractivity contribution in [2.45, 2.75) is 123 Å². The van der Waals surface area contributed by atoms with Crippen molar-refractivity contribution in [3.63, 3.8) is 0 Å². The summed E-state index contributed by atoms with van der Waals surface area (Å²) in [7, 11) is 0. The van der Waals surface area contributed by atoms with E-state index in [0.29, 0.717) is 16.0 Å². The Morgan fingerprint density at radius 1 is 0.973 bits per heavy atom. The first-order valence-corrected chi connectivity index (χ1v) is 15.9. The predicted octanol–water partition coefficient (Wildman–Crippen LogP) is 10.2. The van der Waals surface area contributed by atoms with Gasteiger partial charge in [-0.05, 0) is 98.0 Å². The van der Waals surface area contributed by atoms with Crippen molar-refractivity contribution in [2.24, 2.45) is 34.5 Å². The van der Waals surface area contributed by atoms with Crippen LogP contribution < -0.4 is 0 Å². The minimum atomic E-state index is -0.274. The van der Waals surface area contributed by atoms with Crippen LogP contribution in [0.3, 0.4) is 0 Å². The SMILES string of the molecule is CCCCCCCC[C@@H]1CC[C@@H]2[C@@H]3CC=C4C[C@@H](OC(=O)c5ccccc5Cl)CC[C@]4(C)[C@@H]3CC[C@]12C. The second-order valence-electron chi connectivity index (χ2n) is 13.4. The second kappa shape index (κ2) is 11.4. The van der Waals surface area contributed by atoms with Crippen molar-refractivity contribution in [2.75, 3.05) is 0 Å².